The lowest BCUT2D eigenvalue weighted by Gasteiger charge is -2.15. The highest BCUT2D eigenvalue weighted by Gasteiger charge is 2.21. The first-order valence-corrected chi connectivity index (χ1v) is 6.33. The molecular weight excluding hydrogens is 321 g/mol. The molecule has 0 saturated carbocycles. The van der Waals surface area contributed by atoms with E-state index in [9.17, 15) is 19.3 Å². The molecule has 0 spiro atoms. The molecule has 8 heteroatoms. The van der Waals surface area contributed by atoms with E-state index in [1.165, 1.54) is 6.07 Å². The predicted molar refractivity (Wildman–Crippen MR) is 72.5 cm³/mol. The van der Waals surface area contributed by atoms with Gasteiger partial charge in [-0.15, -0.1) is 0 Å². The highest BCUT2D eigenvalue weighted by atomic mass is 79.9. The number of nitro groups is 1. The van der Waals surface area contributed by atoms with Crippen LogP contribution < -0.4 is 10.6 Å². The van der Waals surface area contributed by atoms with E-state index in [2.05, 4.69) is 26.6 Å². The predicted octanol–water partition coefficient (Wildman–Crippen LogP) is 2.43. The van der Waals surface area contributed by atoms with E-state index in [1.807, 2.05) is 0 Å². The third-order valence-corrected chi connectivity index (χ3v) is 2.96. The summed E-state index contributed by atoms with van der Waals surface area (Å²) in [6.45, 7) is 3.79. The van der Waals surface area contributed by atoms with E-state index >= 15 is 0 Å². The van der Waals surface area contributed by atoms with Crippen LogP contribution in [0.25, 0.3) is 0 Å². The molecule has 1 amide bonds. The quantitative estimate of drug-likeness (QED) is 0.640. The Hall–Kier alpha value is -1.70. The van der Waals surface area contributed by atoms with E-state index in [0.717, 1.165) is 6.07 Å². The van der Waals surface area contributed by atoms with Crippen LogP contribution in [0, 0.1) is 15.9 Å². The smallest absolute Gasteiger partial charge is 0.295 e. The van der Waals surface area contributed by atoms with Crippen molar-refractivity contribution in [1.29, 1.82) is 0 Å². The highest BCUT2D eigenvalue weighted by Crippen LogP contribution is 2.30. The minimum Gasteiger partial charge on any atom is -0.368 e. The molecule has 0 fully saturated rings. The lowest BCUT2D eigenvalue weighted by Crippen LogP contribution is -2.37. The number of rotatable bonds is 5. The summed E-state index contributed by atoms with van der Waals surface area (Å²) in [5.74, 6) is -1.03. The monoisotopic (exact) mass is 333 g/mol. The molecule has 0 aromatic heterocycles. The van der Waals surface area contributed by atoms with Crippen LogP contribution in [0.1, 0.15) is 13.8 Å². The van der Waals surface area contributed by atoms with Gasteiger partial charge in [0.2, 0.25) is 5.91 Å². The Morgan fingerprint density at radius 1 is 1.58 bits per heavy atom. The van der Waals surface area contributed by atoms with Crippen LogP contribution >= 0.6 is 15.9 Å². The van der Waals surface area contributed by atoms with Crippen molar-refractivity contribution in [1.82, 2.24) is 5.32 Å². The first-order valence-electron chi connectivity index (χ1n) is 5.54. The summed E-state index contributed by atoms with van der Waals surface area (Å²) in [5.41, 5.74) is -0.339. The fourth-order valence-corrected chi connectivity index (χ4v) is 1.77. The summed E-state index contributed by atoms with van der Waals surface area (Å²) < 4.78 is 13.4. The van der Waals surface area contributed by atoms with Gasteiger partial charge in [-0.1, -0.05) is 0 Å². The van der Waals surface area contributed by atoms with Crippen LogP contribution in [0.15, 0.2) is 16.6 Å². The molecule has 1 aromatic rings. The van der Waals surface area contributed by atoms with E-state index < -0.39 is 22.5 Å². The number of benzene rings is 1. The van der Waals surface area contributed by atoms with Gasteiger partial charge in [0.05, 0.1) is 15.5 Å². The van der Waals surface area contributed by atoms with Crippen molar-refractivity contribution < 1.29 is 14.1 Å². The van der Waals surface area contributed by atoms with E-state index in [-0.39, 0.29) is 16.1 Å². The van der Waals surface area contributed by atoms with Crippen LogP contribution in [0.4, 0.5) is 15.8 Å². The topological polar surface area (TPSA) is 84.3 Å². The number of hydrogen-bond donors (Lipinski definition) is 2. The first-order chi connectivity index (χ1) is 8.86. The van der Waals surface area contributed by atoms with Gasteiger partial charge in [0.15, 0.2) is 0 Å². The molecule has 0 heterocycles. The average Bonchev–Trinajstić information content (AvgIpc) is 2.33. The largest absolute Gasteiger partial charge is 0.368 e. The lowest BCUT2D eigenvalue weighted by molar-refractivity contribution is -0.384. The standard InChI is InChI=1S/C11H13BrFN3O3/c1-3-14-11(17)6(2)15-9-4-7(12)8(13)5-10(9)16(18)19/h4-6,15H,3H2,1-2H3,(H,14,17). The zero-order chi connectivity index (χ0) is 14.6. The molecule has 19 heavy (non-hydrogen) atoms. The second-order valence-corrected chi connectivity index (χ2v) is 4.66. The number of likely N-dealkylation sites (N-methyl/N-ethyl adjacent to an activating group) is 1. The van der Waals surface area contributed by atoms with Crippen molar-refractivity contribution in [2.75, 3.05) is 11.9 Å². The zero-order valence-electron chi connectivity index (χ0n) is 10.4. The minimum absolute atomic E-state index is 0.0806. The van der Waals surface area contributed by atoms with Crippen LogP contribution in [-0.2, 0) is 4.79 Å². The Balaban J connectivity index is 3.03. The van der Waals surface area contributed by atoms with Gasteiger partial charge in [0, 0.05) is 6.54 Å². The summed E-state index contributed by atoms with van der Waals surface area (Å²) in [7, 11) is 0. The van der Waals surface area contributed by atoms with Crippen LogP contribution in [0.2, 0.25) is 0 Å². The minimum atomic E-state index is -0.733. The second kappa shape index (κ2) is 6.46. The molecule has 0 radical (unpaired) electrons. The summed E-state index contributed by atoms with van der Waals surface area (Å²) in [4.78, 5) is 21.7. The van der Waals surface area contributed by atoms with Gasteiger partial charge in [-0.2, -0.15) is 0 Å². The Kier molecular flexibility index (Phi) is 5.22. The maximum absolute atomic E-state index is 13.3. The van der Waals surface area contributed by atoms with Crippen molar-refractivity contribution in [3.05, 3.63) is 32.5 Å². The van der Waals surface area contributed by atoms with Gasteiger partial charge in [-0.25, -0.2) is 4.39 Å². The molecule has 1 aromatic carbocycles. The number of nitro benzene ring substituents is 1. The Labute approximate surface area is 117 Å². The van der Waals surface area contributed by atoms with Gasteiger partial charge >= 0.3 is 0 Å². The van der Waals surface area contributed by atoms with Gasteiger partial charge in [0.1, 0.15) is 17.5 Å². The van der Waals surface area contributed by atoms with E-state index in [1.54, 1.807) is 13.8 Å². The molecule has 1 rings (SSSR count). The number of halogens is 2. The summed E-state index contributed by atoms with van der Waals surface area (Å²) in [6, 6.07) is 1.37. The molecule has 6 nitrogen and oxygen atoms in total. The number of amides is 1. The van der Waals surface area contributed by atoms with Crippen molar-refractivity contribution in [3.63, 3.8) is 0 Å². The van der Waals surface area contributed by atoms with Crippen LogP contribution in [0.5, 0.6) is 0 Å². The number of hydrogen-bond acceptors (Lipinski definition) is 4. The van der Waals surface area contributed by atoms with Crippen molar-refractivity contribution >= 4 is 33.2 Å². The van der Waals surface area contributed by atoms with Crippen molar-refractivity contribution in [2.45, 2.75) is 19.9 Å². The number of carbonyl (C=O) groups is 1. The third kappa shape index (κ3) is 3.88. The Morgan fingerprint density at radius 2 is 2.21 bits per heavy atom. The fourth-order valence-electron chi connectivity index (χ4n) is 1.43. The zero-order valence-corrected chi connectivity index (χ0v) is 12.0. The summed E-state index contributed by atoms with van der Waals surface area (Å²) >= 11 is 2.95. The number of nitrogens with one attached hydrogen (secondary N) is 2. The van der Waals surface area contributed by atoms with Crippen LogP contribution in [-0.4, -0.2) is 23.4 Å². The number of carbonyl (C=O) groups excluding carboxylic acids is 1. The highest BCUT2D eigenvalue weighted by molar-refractivity contribution is 9.10. The maximum atomic E-state index is 13.3. The van der Waals surface area contributed by atoms with Crippen molar-refractivity contribution in [2.24, 2.45) is 0 Å². The van der Waals surface area contributed by atoms with Gasteiger partial charge in [-0.05, 0) is 35.8 Å². The normalized spacial score (nSPS) is 11.8. The van der Waals surface area contributed by atoms with Gasteiger partial charge in [0.25, 0.3) is 5.69 Å². The molecule has 0 bridgehead atoms. The molecule has 2 N–H and O–H groups in total. The first kappa shape index (κ1) is 15.4. The molecule has 0 aliphatic rings. The third-order valence-electron chi connectivity index (χ3n) is 2.35. The number of nitrogens with zero attached hydrogens (tertiary/aromatic N) is 1. The second-order valence-electron chi connectivity index (χ2n) is 3.80. The Bertz CT molecular complexity index is 510. The van der Waals surface area contributed by atoms with Crippen LogP contribution in [0.3, 0.4) is 0 Å². The fraction of sp³-hybridized carbons (Fsp3) is 0.364. The van der Waals surface area contributed by atoms with E-state index in [0.29, 0.717) is 6.54 Å². The SMILES string of the molecule is CCNC(=O)C(C)Nc1cc(Br)c(F)cc1[N+](=O)[O-]. The molecule has 1 atom stereocenters. The lowest BCUT2D eigenvalue weighted by atomic mass is 10.2. The summed E-state index contributed by atoms with van der Waals surface area (Å²) in [6.07, 6.45) is 0. The average molecular weight is 334 g/mol. The summed E-state index contributed by atoms with van der Waals surface area (Å²) in [5, 5.41) is 16.1. The van der Waals surface area contributed by atoms with Gasteiger partial charge in [-0.3, -0.25) is 14.9 Å². The molecule has 0 aliphatic heterocycles. The maximum Gasteiger partial charge on any atom is 0.295 e. The van der Waals surface area contributed by atoms with Gasteiger partial charge < -0.3 is 10.6 Å². The Morgan fingerprint density at radius 3 is 2.74 bits per heavy atom. The van der Waals surface area contributed by atoms with Crippen molar-refractivity contribution in [3.8, 4) is 0 Å². The molecule has 1 unspecified atom stereocenters. The molecular formula is C11H13BrFN3O3. The molecule has 0 saturated heterocycles. The number of anilines is 1. The molecule has 0 aliphatic carbocycles. The van der Waals surface area contributed by atoms with E-state index in [4.69, 9.17) is 0 Å². The molecule has 104 valence electrons.